The third-order valence-corrected chi connectivity index (χ3v) is 3.68. The Labute approximate surface area is 125 Å². The van der Waals surface area contributed by atoms with Gasteiger partial charge < -0.3 is 10.4 Å². The maximum atomic E-state index is 12.9. The Balaban J connectivity index is 2.09. The molecule has 0 aliphatic rings. The number of thiazole rings is 1. The van der Waals surface area contributed by atoms with Crippen LogP contribution in [0.5, 0.6) is 5.75 Å². The number of hydrogen-bond acceptors (Lipinski definition) is 5. The zero-order valence-corrected chi connectivity index (χ0v) is 12.5. The molecule has 5 nitrogen and oxygen atoms in total. The SMILES string of the molecule is CCNC(C)c1csc(NC(=O)c2ccc(F)cc2O)n1. The van der Waals surface area contributed by atoms with Crippen molar-refractivity contribution in [2.24, 2.45) is 0 Å². The molecule has 1 atom stereocenters. The summed E-state index contributed by atoms with van der Waals surface area (Å²) >= 11 is 1.30. The van der Waals surface area contributed by atoms with Crippen molar-refractivity contribution in [1.29, 1.82) is 0 Å². The van der Waals surface area contributed by atoms with Gasteiger partial charge in [0.2, 0.25) is 0 Å². The van der Waals surface area contributed by atoms with Gasteiger partial charge in [-0.2, -0.15) is 0 Å². The van der Waals surface area contributed by atoms with Gasteiger partial charge in [-0.15, -0.1) is 11.3 Å². The number of aromatic nitrogens is 1. The maximum Gasteiger partial charge on any atom is 0.261 e. The van der Waals surface area contributed by atoms with Crippen LogP contribution in [0.25, 0.3) is 0 Å². The van der Waals surface area contributed by atoms with E-state index in [0.717, 1.165) is 24.4 Å². The van der Waals surface area contributed by atoms with Crippen molar-refractivity contribution in [3.8, 4) is 5.75 Å². The first kappa shape index (κ1) is 15.4. The van der Waals surface area contributed by atoms with E-state index in [9.17, 15) is 14.3 Å². The number of amides is 1. The van der Waals surface area contributed by atoms with Crippen LogP contribution in [0.1, 0.15) is 35.9 Å². The Morgan fingerprint density at radius 2 is 2.29 bits per heavy atom. The van der Waals surface area contributed by atoms with Crippen molar-refractivity contribution in [2.75, 3.05) is 11.9 Å². The second-order valence-electron chi connectivity index (χ2n) is 4.47. The summed E-state index contributed by atoms with van der Waals surface area (Å²) < 4.78 is 12.9. The summed E-state index contributed by atoms with van der Waals surface area (Å²) in [7, 11) is 0. The molecule has 2 rings (SSSR count). The molecule has 1 aromatic heterocycles. The van der Waals surface area contributed by atoms with E-state index in [4.69, 9.17) is 0 Å². The number of aromatic hydroxyl groups is 1. The van der Waals surface area contributed by atoms with Crippen molar-refractivity contribution in [3.05, 3.63) is 40.7 Å². The van der Waals surface area contributed by atoms with Gasteiger partial charge >= 0.3 is 0 Å². The quantitative estimate of drug-likeness (QED) is 0.794. The highest BCUT2D eigenvalue weighted by Gasteiger charge is 2.15. The highest BCUT2D eigenvalue weighted by atomic mass is 32.1. The number of phenols is 1. The number of phenolic OH excluding ortho intramolecular Hbond substituents is 1. The van der Waals surface area contributed by atoms with Crippen LogP contribution in [0.4, 0.5) is 9.52 Å². The van der Waals surface area contributed by atoms with Crippen molar-refractivity contribution < 1.29 is 14.3 Å². The third kappa shape index (κ3) is 3.77. The average Bonchev–Trinajstić information content (AvgIpc) is 2.87. The Kier molecular flexibility index (Phi) is 4.87. The fourth-order valence-electron chi connectivity index (χ4n) is 1.81. The summed E-state index contributed by atoms with van der Waals surface area (Å²) in [5.74, 6) is -1.52. The molecule has 0 aliphatic carbocycles. The number of nitrogens with one attached hydrogen (secondary N) is 2. The molecule has 0 aliphatic heterocycles. The zero-order valence-electron chi connectivity index (χ0n) is 11.7. The standard InChI is InChI=1S/C14H16FN3O2S/c1-3-16-8(2)11-7-21-14(17-11)18-13(20)10-5-4-9(15)6-12(10)19/h4-8,16,19H,3H2,1-2H3,(H,17,18,20). The first-order chi connectivity index (χ1) is 10.0. The number of halogens is 1. The molecule has 1 heterocycles. The van der Waals surface area contributed by atoms with Crippen LogP contribution < -0.4 is 10.6 Å². The van der Waals surface area contributed by atoms with E-state index >= 15 is 0 Å². The highest BCUT2D eigenvalue weighted by Crippen LogP contribution is 2.23. The fraction of sp³-hybridized carbons (Fsp3) is 0.286. The number of hydrogen-bond donors (Lipinski definition) is 3. The van der Waals surface area contributed by atoms with E-state index in [1.165, 1.54) is 17.4 Å². The lowest BCUT2D eigenvalue weighted by atomic mass is 10.2. The summed E-state index contributed by atoms with van der Waals surface area (Å²) in [5.41, 5.74) is 0.841. The van der Waals surface area contributed by atoms with Gasteiger partial charge in [0.25, 0.3) is 5.91 Å². The molecule has 21 heavy (non-hydrogen) atoms. The number of rotatable bonds is 5. The predicted octanol–water partition coefficient (Wildman–Crippen LogP) is 2.91. The molecule has 0 saturated carbocycles. The molecule has 0 fully saturated rings. The van der Waals surface area contributed by atoms with Crippen molar-refractivity contribution in [2.45, 2.75) is 19.9 Å². The second-order valence-corrected chi connectivity index (χ2v) is 5.33. The minimum Gasteiger partial charge on any atom is -0.507 e. The number of anilines is 1. The minimum absolute atomic E-state index is 0.00730. The summed E-state index contributed by atoms with van der Waals surface area (Å²) in [4.78, 5) is 16.3. The fourth-order valence-corrected chi connectivity index (χ4v) is 2.61. The molecule has 2 aromatic rings. The van der Waals surface area contributed by atoms with Crippen molar-refractivity contribution in [1.82, 2.24) is 10.3 Å². The normalized spacial score (nSPS) is 12.1. The second kappa shape index (κ2) is 6.64. The van der Waals surface area contributed by atoms with Gasteiger partial charge in [0, 0.05) is 17.5 Å². The van der Waals surface area contributed by atoms with Gasteiger partial charge in [-0.1, -0.05) is 6.92 Å². The lowest BCUT2D eigenvalue weighted by Gasteiger charge is -2.08. The topological polar surface area (TPSA) is 74.2 Å². The van der Waals surface area contributed by atoms with E-state index in [0.29, 0.717) is 5.13 Å². The predicted molar refractivity (Wildman–Crippen MR) is 80.2 cm³/mol. The maximum absolute atomic E-state index is 12.9. The van der Waals surface area contributed by atoms with Gasteiger partial charge in [0.1, 0.15) is 11.6 Å². The van der Waals surface area contributed by atoms with E-state index in [1.54, 1.807) is 0 Å². The monoisotopic (exact) mass is 309 g/mol. The van der Waals surface area contributed by atoms with Crippen LogP contribution >= 0.6 is 11.3 Å². The number of nitrogens with zero attached hydrogens (tertiary/aromatic N) is 1. The molecule has 1 aromatic carbocycles. The van der Waals surface area contributed by atoms with E-state index in [2.05, 4.69) is 15.6 Å². The number of carbonyl (C=O) groups excluding carboxylic acids is 1. The zero-order chi connectivity index (χ0) is 15.4. The molecule has 1 amide bonds. The highest BCUT2D eigenvalue weighted by molar-refractivity contribution is 7.14. The molecule has 7 heteroatoms. The molecule has 112 valence electrons. The van der Waals surface area contributed by atoms with Crippen molar-refractivity contribution >= 4 is 22.4 Å². The number of carbonyl (C=O) groups is 1. The largest absolute Gasteiger partial charge is 0.507 e. The smallest absolute Gasteiger partial charge is 0.261 e. The van der Waals surface area contributed by atoms with Crippen LogP contribution in [0.3, 0.4) is 0 Å². The lowest BCUT2D eigenvalue weighted by Crippen LogP contribution is -2.18. The van der Waals surface area contributed by atoms with Crippen molar-refractivity contribution in [3.63, 3.8) is 0 Å². The lowest BCUT2D eigenvalue weighted by molar-refractivity contribution is 0.102. The molecule has 0 spiro atoms. The van der Waals surface area contributed by atoms with Gasteiger partial charge in [-0.3, -0.25) is 10.1 Å². The van der Waals surface area contributed by atoms with Gasteiger partial charge in [-0.25, -0.2) is 9.37 Å². The first-order valence-corrected chi connectivity index (χ1v) is 7.38. The Morgan fingerprint density at radius 3 is 2.95 bits per heavy atom. The van der Waals surface area contributed by atoms with Gasteiger partial charge in [0.05, 0.1) is 11.3 Å². The Hall–Kier alpha value is -1.99. The van der Waals surface area contributed by atoms with Crippen LogP contribution in [0.2, 0.25) is 0 Å². The van der Waals surface area contributed by atoms with Crippen LogP contribution in [-0.2, 0) is 0 Å². The molecule has 0 bridgehead atoms. The Bertz CT molecular complexity index is 645. The average molecular weight is 309 g/mol. The van der Waals surface area contributed by atoms with E-state index < -0.39 is 17.5 Å². The molecular formula is C14H16FN3O2S. The third-order valence-electron chi connectivity index (χ3n) is 2.90. The van der Waals surface area contributed by atoms with Crippen LogP contribution in [0, 0.1) is 5.82 Å². The molecule has 1 unspecified atom stereocenters. The summed E-state index contributed by atoms with van der Waals surface area (Å²) in [6.07, 6.45) is 0. The summed E-state index contributed by atoms with van der Waals surface area (Å²) in [6.45, 7) is 4.81. The minimum atomic E-state index is -0.597. The van der Waals surface area contributed by atoms with Gasteiger partial charge in [0.15, 0.2) is 5.13 Å². The molecule has 0 radical (unpaired) electrons. The summed E-state index contributed by atoms with van der Waals surface area (Å²) in [5, 5.41) is 17.7. The number of benzene rings is 1. The molecule has 3 N–H and O–H groups in total. The Morgan fingerprint density at radius 1 is 1.52 bits per heavy atom. The van der Waals surface area contributed by atoms with Crippen LogP contribution in [0.15, 0.2) is 23.6 Å². The van der Waals surface area contributed by atoms with Crippen LogP contribution in [-0.4, -0.2) is 22.5 Å². The van der Waals surface area contributed by atoms with E-state index in [-0.39, 0.29) is 11.6 Å². The summed E-state index contributed by atoms with van der Waals surface area (Å²) in [6, 6.07) is 3.34. The molecular weight excluding hydrogens is 293 g/mol. The molecule has 0 saturated heterocycles. The van der Waals surface area contributed by atoms with E-state index in [1.807, 2.05) is 19.2 Å². The van der Waals surface area contributed by atoms with Gasteiger partial charge in [-0.05, 0) is 25.6 Å². The first-order valence-electron chi connectivity index (χ1n) is 6.50.